The summed E-state index contributed by atoms with van der Waals surface area (Å²) in [7, 11) is 0. The molecule has 4 rings (SSSR count). The number of carboxylic acids is 1. The maximum atomic E-state index is 12.7. The Morgan fingerprint density at radius 1 is 1.19 bits per heavy atom. The lowest BCUT2D eigenvalue weighted by molar-refractivity contribution is -0.121. The van der Waals surface area contributed by atoms with Crippen molar-refractivity contribution in [1.29, 1.82) is 0 Å². The van der Waals surface area contributed by atoms with E-state index in [2.05, 4.69) is 10.2 Å². The summed E-state index contributed by atoms with van der Waals surface area (Å²) in [5.74, 6) is -0.823. The normalized spacial score (nSPS) is 18.3. The van der Waals surface area contributed by atoms with Crippen LogP contribution in [0.15, 0.2) is 52.7 Å². The van der Waals surface area contributed by atoms with Crippen LogP contribution in [0, 0.1) is 0 Å². The van der Waals surface area contributed by atoms with Crippen LogP contribution in [-0.2, 0) is 9.59 Å². The van der Waals surface area contributed by atoms with Crippen LogP contribution in [0.2, 0.25) is 0 Å². The minimum absolute atomic E-state index is 0.0179. The predicted molar refractivity (Wildman–Crippen MR) is 114 cm³/mol. The second kappa shape index (κ2) is 8.48. The van der Waals surface area contributed by atoms with Crippen LogP contribution >= 0.6 is 11.8 Å². The molecule has 0 spiro atoms. The maximum absolute atomic E-state index is 12.7. The Labute approximate surface area is 180 Å². The molecule has 2 aromatic rings. The van der Waals surface area contributed by atoms with Crippen molar-refractivity contribution in [2.75, 3.05) is 11.7 Å². The Balaban J connectivity index is 1.42. The van der Waals surface area contributed by atoms with Gasteiger partial charge in [-0.25, -0.2) is 9.69 Å². The summed E-state index contributed by atoms with van der Waals surface area (Å²) in [4.78, 5) is 37.2. The fraction of sp³-hybridized carbons (Fsp3) is 0.150. The zero-order chi connectivity index (χ0) is 22.0. The number of imide groups is 1. The number of fused-ring (bicyclic) bond motifs is 1. The number of benzene rings is 2. The van der Waals surface area contributed by atoms with Crippen molar-refractivity contribution in [2.45, 2.75) is 11.7 Å². The van der Waals surface area contributed by atoms with Gasteiger partial charge in [-0.05, 0) is 42.0 Å². The predicted octanol–water partition coefficient (Wildman–Crippen LogP) is 1.83. The van der Waals surface area contributed by atoms with E-state index in [0.717, 1.165) is 22.2 Å². The van der Waals surface area contributed by atoms with Crippen LogP contribution in [0.4, 0.5) is 5.69 Å². The van der Waals surface area contributed by atoms with Crippen LogP contribution in [-0.4, -0.2) is 46.3 Å². The molecule has 2 heterocycles. The van der Waals surface area contributed by atoms with Crippen LogP contribution in [0.1, 0.15) is 22.3 Å². The number of amides is 2. The third-order valence-corrected chi connectivity index (χ3v) is 5.46. The van der Waals surface area contributed by atoms with Crippen molar-refractivity contribution in [3.63, 3.8) is 0 Å². The van der Waals surface area contributed by atoms with Crippen molar-refractivity contribution in [1.82, 2.24) is 0 Å². The van der Waals surface area contributed by atoms with Gasteiger partial charge in [-0.1, -0.05) is 17.8 Å². The van der Waals surface area contributed by atoms with Crippen LogP contribution in [0.25, 0.3) is 0 Å². The minimum Gasteiger partial charge on any atom is -0.478 e. The van der Waals surface area contributed by atoms with E-state index >= 15 is 0 Å². The summed E-state index contributed by atoms with van der Waals surface area (Å²) in [6.45, 7) is 0.170. The monoisotopic (exact) mass is 440 g/mol. The third kappa shape index (κ3) is 4.36. The van der Waals surface area contributed by atoms with Gasteiger partial charge in [0.2, 0.25) is 18.6 Å². The number of carbonyl (C=O) groups is 3. The number of rotatable bonds is 5. The number of carboxylic acid groups (broad SMARTS) is 1. The Bertz CT molecular complexity index is 1130. The summed E-state index contributed by atoms with van der Waals surface area (Å²) in [6.07, 6.45) is 1.39. The van der Waals surface area contributed by atoms with Gasteiger partial charge in [0.15, 0.2) is 16.7 Å². The molecule has 2 aliphatic rings. The first-order chi connectivity index (χ1) is 14.9. The topological polar surface area (TPSA) is 144 Å². The SMILES string of the molecule is NC(=N/N=C\c1ccc2c(c1)OCO2)S[C@@H]1CC(=O)N(c2cccc(C(=O)O)c2)C1=O. The number of amidine groups is 1. The number of nitrogens with two attached hydrogens (primary N) is 1. The molecule has 0 aliphatic carbocycles. The first-order valence-electron chi connectivity index (χ1n) is 9.05. The van der Waals surface area contributed by atoms with Gasteiger partial charge >= 0.3 is 5.97 Å². The van der Waals surface area contributed by atoms with Crippen molar-refractivity contribution in [3.05, 3.63) is 53.6 Å². The van der Waals surface area contributed by atoms with Gasteiger partial charge in [-0.2, -0.15) is 5.10 Å². The van der Waals surface area contributed by atoms with Crippen LogP contribution in [0.5, 0.6) is 11.5 Å². The van der Waals surface area contributed by atoms with Gasteiger partial charge in [-0.3, -0.25) is 9.59 Å². The number of carbonyl (C=O) groups excluding carboxylic acids is 2. The molecule has 11 heteroatoms. The Morgan fingerprint density at radius 3 is 2.81 bits per heavy atom. The highest BCUT2D eigenvalue weighted by atomic mass is 32.2. The highest BCUT2D eigenvalue weighted by molar-refractivity contribution is 8.14. The average molecular weight is 440 g/mol. The summed E-state index contributed by atoms with van der Waals surface area (Å²) in [5, 5.41) is 16.1. The molecule has 1 saturated heterocycles. The molecule has 158 valence electrons. The van der Waals surface area contributed by atoms with Gasteiger partial charge in [0, 0.05) is 6.42 Å². The molecule has 1 atom stereocenters. The number of anilines is 1. The second-order valence-corrected chi connectivity index (χ2v) is 7.75. The lowest BCUT2D eigenvalue weighted by atomic mass is 10.2. The Hall–Kier alpha value is -3.86. The molecule has 0 bridgehead atoms. The number of thioether (sulfide) groups is 1. The second-order valence-electron chi connectivity index (χ2n) is 6.53. The number of nitrogens with zero attached hydrogens (tertiary/aromatic N) is 3. The molecule has 0 radical (unpaired) electrons. The van der Waals surface area contributed by atoms with E-state index in [4.69, 9.17) is 20.3 Å². The summed E-state index contributed by atoms with van der Waals surface area (Å²) in [6, 6.07) is 10.9. The number of hydrogen-bond donors (Lipinski definition) is 2. The van der Waals surface area contributed by atoms with Gasteiger partial charge in [-0.15, -0.1) is 5.10 Å². The van der Waals surface area contributed by atoms with Crippen LogP contribution in [0.3, 0.4) is 0 Å². The summed E-state index contributed by atoms with van der Waals surface area (Å²) in [5.41, 5.74) is 6.77. The fourth-order valence-electron chi connectivity index (χ4n) is 3.06. The lowest BCUT2D eigenvalue weighted by Gasteiger charge is -2.15. The molecule has 3 N–H and O–H groups in total. The third-order valence-electron chi connectivity index (χ3n) is 4.48. The minimum atomic E-state index is -1.15. The number of hydrogen-bond acceptors (Lipinski definition) is 8. The smallest absolute Gasteiger partial charge is 0.335 e. The summed E-state index contributed by atoms with van der Waals surface area (Å²) < 4.78 is 10.5. The molecule has 10 nitrogen and oxygen atoms in total. The molecule has 0 saturated carbocycles. The molecular formula is C20H16N4O6S. The van der Waals surface area contributed by atoms with E-state index < -0.39 is 23.0 Å². The molecule has 2 aromatic carbocycles. The first-order valence-corrected chi connectivity index (χ1v) is 9.93. The van der Waals surface area contributed by atoms with Crippen molar-refractivity contribution in [3.8, 4) is 11.5 Å². The summed E-state index contributed by atoms with van der Waals surface area (Å²) >= 11 is 0.924. The van der Waals surface area contributed by atoms with Crippen molar-refractivity contribution in [2.24, 2.45) is 15.9 Å². The zero-order valence-electron chi connectivity index (χ0n) is 15.9. The number of aromatic carboxylic acids is 1. The number of ether oxygens (including phenoxy) is 2. The quantitative estimate of drug-likeness (QED) is 0.310. The van der Waals surface area contributed by atoms with Crippen molar-refractivity contribution >= 4 is 46.6 Å². The van der Waals surface area contributed by atoms with Crippen molar-refractivity contribution < 1.29 is 29.0 Å². The van der Waals surface area contributed by atoms with E-state index in [9.17, 15) is 14.4 Å². The highest BCUT2D eigenvalue weighted by Gasteiger charge is 2.40. The molecule has 31 heavy (non-hydrogen) atoms. The van der Waals surface area contributed by atoms with E-state index in [1.54, 1.807) is 18.2 Å². The molecule has 0 aromatic heterocycles. The average Bonchev–Trinajstić information content (AvgIpc) is 3.31. The lowest BCUT2D eigenvalue weighted by Crippen LogP contribution is -2.32. The van der Waals surface area contributed by atoms with Gasteiger partial charge < -0.3 is 20.3 Å². The largest absolute Gasteiger partial charge is 0.478 e. The van der Waals surface area contributed by atoms with Gasteiger partial charge in [0.05, 0.1) is 17.5 Å². The first kappa shape index (κ1) is 20.4. The van der Waals surface area contributed by atoms with Crippen LogP contribution < -0.4 is 20.1 Å². The Kier molecular flexibility index (Phi) is 5.58. The van der Waals surface area contributed by atoms with Gasteiger partial charge in [0.1, 0.15) is 5.25 Å². The highest BCUT2D eigenvalue weighted by Crippen LogP contribution is 2.32. The van der Waals surface area contributed by atoms with E-state index in [1.807, 2.05) is 0 Å². The molecule has 2 aliphatic heterocycles. The maximum Gasteiger partial charge on any atom is 0.335 e. The fourth-order valence-corrected chi connectivity index (χ4v) is 3.88. The Morgan fingerprint density at radius 2 is 2.00 bits per heavy atom. The molecule has 2 amide bonds. The molecule has 0 unspecified atom stereocenters. The zero-order valence-corrected chi connectivity index (χ0v) is 16.7. The molecule has 1 fully saturated rings. The van der Waals surface area contributed by atoms with E-state index in [1.165, 1.54) is 30.5 Å². The van der Waals surface area contributed by atoms with E-state index in [-0.39, 0.29) is 29.6 Å². The molecular weight excluding hydrogens is 424 g/mol. The van der Waals surface area contributed by atoms with E-state index in [0.29, 0.717) is 11.5 Å². The van der Waals surface area contributed by atoms with Gasteiger partial charge in [0.25, 0.3) is 0 Å². The standard InChI is InChI=1S/C20H16N4O6S/c21-20(23-22-9-11-4-5-14-15(6-11)30-10-29-14)31-16-8-17(25)24(18(16)26)13-3-1-2-12(7-13)19(27)28/h1-7,9,16H,8,10H2,(H2,21,23)(H,27,28)/b22-9-/t16-/m1/s1.